The normalized spacial score (nSPS) is 11.8. The maximum absolute atomic E-state index is 13.5. The van der Waals surface area contributed by atoms with Gasteiger partial charge in [-0.2, -0.15) is 5.90 Å². The highest BCUT2D eigenvalue weighted by Crippen LogP contribution is 2.45. The van der Waals surface area contributed by atoms with Crippen molar-refractivity contribution in [3.05, 3.63) is 95.6 Å². The number of para-hydroxylation sites is 1. The second-order valence-corrected chi connectivity index (χ2v) is 8.28. The maximum atomic E-state index is 13.5. The summed E-state index contributed by atoms with van der Waals surface area (Å²) in [4.78, 5) is 22.8. The Kier molecular flexibility index (Phi) is 13.2. The molecule has 10 nitrogen and oxygen atoms in total. The number of carbonyl (C=O) groups is 1. The fourth-order valence-corrected chi connectivity index (χ4v) is 4.09. The van der Waals surface area contributed by atoms with Crippen molar-refractivity contribution in [3.63, 3.8) is 0 Å². The minimum atomic E-state index is -0.940. The summed E-state index contributed by atoms with van der Waals surface area (Å²) in [6.07, 6.45) is 0. The van der Waals surface area contributed by atoms with E-state index in [2.05, 4.69) is 4.99 Å². The lowest BCUT2D eigenvalue weighted by Gasteiger charge is -2.28. The van der Waals surface area contributed by atoms with Crippen LogP contribution in [0, 0.1) is 0 Å². The van der Waals surface area contributed by atoms with Crippen LogP contribution in [0.1, 0.15) is 28.5 Å². The first-order valence-electron chi connectivity index (χ1n) is 12.4. The third-order valence-electron chi connectivity index (χ3n) is 5.83. The van der Waals surface area contributed by atoms with Gasteiger partial charge in [-0.05, 0) is 17.2 Å². The smallest absolute Gasteiger partial charge is 0.352 e. The Morgan fingerprint density at radius 3 is 1.82 bits per heavy atom. The van der Waals surface area contributed by atoms with Gasteiger partial charge < -0.3 is 28.4 Å². The number of nitrogens with two attached hydrogens (primary N) is 1. The van der Waals surface area contributed by atoms with E-state index in [-0.39, 0.29) is 13.6 Å². The zero-order valence-corrected chi connectivity index (χ0v) is 22.2. The SMILES string of the molecule is COCCOCOc1cccc(C(C(=O)OON)C(c2ccccc2)c2ccccc2)c1OCOCCOC. The lowest BCUT2D eigenvalue weighted by Crippen LogP contribution is -2.26. The first kappa shape index (κ1) is 30.0. The van der Waals surface area contributed by atoms with Gasteiger partial charge in [0.1, 0.15) is 0 Å². The van der Waals surface area contributed by atoms with E-state index in [1.807, 2.05) is 60.7 Å². The van der Waals surface area contributed by atoms with Crippen molar-refractivity contribution in [2.75, 3.05) is 54.2 Å². The van der Waals surface area contributed by atoms with Gasteiger partial charge in [0.05, 0.1) is 32.3 Å². The molecule has 0 radical (unpaired) electrons. The molecule has 10 heteroatoms. The van der Waals surface area contributed by atoms with Crippen molar-refractivity contribution in [3.8, 4) is 11.5 Å². The topological polar surface area (TPSA) is 117 Å². The Balaban J connectivity index is 2.08. The van der Waals surface area contributed by atoms with E-state index in [9.17, 15) is 4.79 Å². The predicted octanol–water partition coefficient (Wildman–Crippen LogP) is 3.95. The van der Waals surface area contributed by atoms with E-state index >= 15 is 0 Å². The third-order valence-corrected chi connectivity index (χ3v) is 5.83. The van der Waals surface area contributed by atoms with Gasteiger partial charge in [-0.1, -0.05) is 77.8 Å². The third kappa shape index (κ3) is 9.03. The Labute approximate surface area is 228 Å². The standard InChI is InChI=1S/C29H35NO9/c1-32-16-18-34-20-36-25-15-9-14-24(28(25)37-21-35-19-17-33-2)27(29(31)38-39-30)26(22-10-5-3-6-11-22)23-12-7-4-8-13-23/h3-15,26-27H,16-21,30H2,1-2H3. The lowest BCUT2D eigenvalue weighted by atomic mass is 9.77. The molecule has 0 aliphatic heterocycles. The van der Waals surface area contributed by atoms with Crippen molar-refractivity contribution < 1.29 is 43.1 Å². The van der Waals surface area contributed by atoms with Gasteiger partial charge in [0.2, 0.25) is 0 Å². The van der Waals surface area contributed by atoms with Crippen LogP contribution in [0.5, 0.6) is 11.5 Å². The molecule has 0 amide bonds. The molecule has 0 saturated carbocycles. The highest BCUT2D eigenvalue weighted by molar-refractivity contribution is 5.81. The van der Waals surface area contributed by atoms with Gasteiger partial charge in [-0.3, -0.25) is 4.89 Å². The molecule has 0 saturated heterocycles. The van der Waals surface area contributed by atoms with Crippen LogP contribution in [-0.4, -0.2) is 60.2 Å². The summed E-state index contributed by atoms with van der Waals surface area (Å²) in [5.41, 5.74) is 2.23. The van der Waals surface area contributed by atoms with Crippen LogP contribution < -0.4 is 15.4 Å². The first-order valence-corrected chi connectivity index (χ1v) is 12.4. The van der Waals surface area contributed by atoms with Crippen LogP contribution in [0.3, 0.4) is 0 Å². The molecule has 0 aliphatic rings. The number of methoxy groups -OCH3 is 2. The molecule has 3 aromatic carbocycles. The number of hydrogen-bond donors (Lipinski definition) is 1. The van der Waals surface area contributed by atoms with E-state index in [4.69, 9.17) is 39.2 Å². The van der Waals surface area contributed by atoms with E-state index in [0.717, 1.165) is 11.1 Å². The van der Waals surface area contributed by atoms with Gasteiger partial charge in [0.25, 0.3) is 0 Å². The average Bonchev–Trinajstić information content (AvgIpc) is 2.97. The van der Waals surface area contributed by atoms with Crippen LogP contribution in [0.15, 0.2) is 78.9 Å². The molecule has 0 aliphatic carbocycles. The van der Waals surface area contributed by atoms with Crippen molar-refractivity contribution in [1.29, 1.82) is 0 Å². The molecule has 3 rings (SSSR count). The van der Waals surface area contributed by atoms with Crippen LogP contribution in [-0.2, 0) is 33.6 Å². The minimum Gasteiger partial charge on any atom is -0.464 e. The summed E-state index contributed by atoms with van der Waals surface area (Å²) in [6, 6.07) is 24.5. The summed E-state index contributed by atoms with van der Waals surface area (Å²) >= 11 is 0. The highest BCUT2D eigenvalue weighted by atomic mass is 17.3. The molecule has 1 atom stereocenters. The molecule has 0 heterocycles. The van der Waals surface area contributed by atoms with Crippen molar-refractivity contribution in [1.82, 2.24) is 0 Å². The van der Waals surface area contributed by atoms with Gasteiger partial charge in [-0.25, -0.2) is 4.79 Å². The molecule has 39 heavy (non-hydrogen) atoms. The van der Waals surface area contributed by atoms with Crippen molar-refractivity contribution in [2.45, 2.75) is 11.8 Å². The molecule has 210 valence electrons. The Hall–Kier alpha value is -3.51. The van der Waals surface area contributed by atoms with E-state index in [1.54, 1.807) is 32.4 Å². The highest BCUT2D eigenvalue weighted by Gasteiger charge is 2.37. The van der Waals surface area contributed by atoms with Gasteiger partial charge in [0, 0.05) is 25.7 Å². The second-order valence-electron chi connectivity index (χ2n) is 8.28. The molecular formula is C29H35NO9. The summed E-state index contributed by atoms with van der Waals surface area (Å²) in [5.74, 6) is 3.67. The number of carbonyl (C=O) groups excluding carboxylic acids is 1. The largest absolute Gasteiger partial charge is 0.464 e. The molecular weight excluding hydrogens is 506 g/mol. The Morgan fingerprint density at radius 2 is 1.28 bits per heavy atom. The zero-order chi connectivity index (χ0) is 27.7. The molecule has 0 bridgehead atoms. The Morgan fingerprint density at radius 1 is 0.718 bits per heavy atom. The van der Waals surface area contributed by atoms with Crippen LogP contribution >= 0.6 is 0 Å². The summed E-state index contributed by atoms with van der Waals surface area (Å²) in [6.45, 7) is 1.31. The van der Waals surface area contributed by atoms with E-state index in [1.165, 1.54) is 0 Å². The molecule has 3 aromatic rings. The summed E-state index contributed by atoms with van der Waals surface area (Å²) in [7, 11) is 3.17. The van der Waals surface area contributed by atoms with E-state index in [0.29, 0.717) is 43.5 Å². The quantitative estimate of drug-likeness (QED) is 0.110. The number of ether oxygens (including phenoxy) is 6. The summed E-state index contributed by atoms with van der Waals surface area (Å²) in [5, 5.41) is 0. The van der Waals surface area contributed by atoms with Crippen molar-refractivity contribution >= 4 is 5.97 Å². The summed E-state index contributed by atoms with van der Waals surface area (Å²) < 4.78 is 33.0. The van der Waals surface area contributed by atoms with Gasteiger partial charge in [0.15, 0.2) is 25.1 Å². The molecule has 2 N–H and O–H groups in total. The molecule has 0 spiro atoms. The van der Waals surface area contributed by atoms with Crippen LogP contribution in [0.25, 0.3) is 0 Å². The minimum absolute atomic E-state index is 0.0600. The second kappa shape index (κ2) is 17.2. The fourth-order valence-electron chi connectivity index (χ4n) is 4.09. The van der Waals surface area contributed by atoms with Gasteiger partial charge in [-0.15, -0.1) is 0 Å². The maximum Gasteiger partial charge on any atom is 0.352 e. The average molecular weight is 542 g/mol. The zero-order valence-electron chi connectivity index (χ0n) is 22.2. The van der Waals surface area contributed by atoms with E-state index < -0.39 is 17.8 Å². The fraction of sp³-hybridized carbons (Fsp3) is 0.345. The molecule has 0 aromatic heterocycles. The van der Waals surface area contributed by atoms with Gasteiger partial charge >= 0.3 is 5.97 Å². The van der Waals surface area contributed by atoms with Crippen molar-refractivity contribution in [2.24, 2.45) is 5.90 Å². The number of rotatable bonds is 18. The molecule has 0 fully saturated rings. The lowest BCUT2D eigenvalue weighted by molar-refractivity contribution is -0.277. The Bertz CT molecular complexity index is 1060. The van der Waals surface area contributed by atoms with Crippen LogP contribution in [0.4, 0.5) is 0 Å². The number of hydrogen-bond acceptors (Lipinski definition) is 10. The monoisotopic (exact) mass is 541 g/mol. The van der Waals surface area contributed by atoms with Crippen LogP contribution in [0.2, 0.25) is 0 Å². The first-order chi connectivity index (χ1) is 19.2. The number of benzene rings is 3. The predicted molar refractivity (Wildman–Crippen MR) is 142 cm³/mol. The molecule has 1 unspecified atom stereocenters.